The summed E-state index contributed by atoms with van der Waals surface area (Å²) in [6.45, 7) is 1.96. The summed E-state index contributed by atoms with van der Waals surface area (Å²) in [7, 11) is -1.55. The van der Waals surface area contributed by atoms with Gasteiger partial charge in [-0.1, -0.05) is 78.4 Å². The lowest BCUT2D eigenvalue weighted by Crippen LogP contribution is -2.30. The maximum atomic E-state index is 13.4. The lowest BCUT2D eigenvalue weighted by atomic mass is 9.88. The molecule has 3 atom stereocenters. The molecule has 0 aromatic heterocycles. The molecule has 3 aromatic rings. The number of allylic oxidation sites excluding steroid dienone is 2. The maximum absolute atomic E-state index is 13.4. The van der Waals surface area contributed by atoms with Gasteiger partial charge in [0.15, 0.2) is 11.6 Å². The zero-order valence-electron chi connectivity index (χ0n) is 16.7. The molecule has 0 saturated heterocycles. The molecule has 0 aliphatic heterocycles. The van der Waals surface area contributed by atoms with Crippen LogP contribution in [0.1, 0.15) is 27.9 Å². The Morgan fingerprint density at radius 3 is 2.10 bits per heavy atom. The van der Waals surface area contributed by atoms with Gasteiger partial charge in [-0.2, -0.15) is 0 Å². The molecule has 4 heteroatoms. The van der Waals surface area contributed by atoms with Crippen molar-refractivity contribution in [2.24, 2.45) is 5.92 Å². The van der Waals surface area contributed by atoms with Crippen LogP contribution in [0.5, 0.6) is 0 Å². The van der Waals surface area contributed by atoms with Crippen molar-refractivity contribution in [2.75, 3.05) is 0 Å². The second kappa shape index (κ2) is 8.72. The predicted molar refractivity (Wildman–Crippen MR) is 120 cm³/mol. The molecule has 0 radical (unpaired) electrons. The number of hydrogen-bond donors (Lipinski definition) is 0. The molecule has 0 spiro atoms. The van der Waals surface area contributed by atoms with E-state index in [-0.39, 0.29) is 18.0 Å². The number of ketones is 2. The minimum absolute atomic E-state index is 0.0527. The van der Waals surface area contributed by atoms with Crippen molar-refractivity contribution in [3.05, 3.63) is 108 Å². The van der Waals surface area contributed by atoms with Crippen molar-refractivity contribution in [1.82, 2.24) is 0 Å². The molecule has 0 fully saturated rings. The Hall–Kier alpha value is -3.11. The van der Waals surface area contributed by atoms with E-state index in [9.17, 15) is 13.8 Å². The Morgan fingerprint density at radius 1 is 0.867 bits per heavy atom. The summed E-state index contributed by atoms with van der Waals surface area (Å²) >= 11 is 0. The van der Waals surface area contributed by atoms with E-state index in [0.717, 1.165) is 16.7 Å². The van der Waals surface area contributed by atoms with Crippen molar-refractivity contribution in [1.29, 1.82) is 0 Å². The van der Waals surface area contributed by atoms with Crippen molar-refractivity contribution >= 4 is 27.9 Å². The van der Waals surface area contributed by atoms with E-state index in [4.69, 9.17) is 0 Å². The first-order valence-electron chi connectivity index (χ1n) is 9.91. The molecule has 3 nitrogen and oxygen atoms in total. The molecule has 0 saturated carbocycles. The van der Waals surface area contributed by atoms with Crippen molar-refractivity contribution in [2.45, 2.75) is 23.5 Å². The van der Waals surface area contributed by atoms with Crippen LogP contribution in [0.4, 0.5) is 0 Å². The molecule has 30 heavy (non-hydrogen) atoms. The van der Waals surface area contributed by atoms with E-state index in [1.165, 1.54) is 0 Å². The highest BCUT2D eigenvalue weighted by Gasteiger charge is 2.42. The smallest absolute Gasteiger partial charge is 0.172 e. The van der Waals surface area contributed by atoms with E-state index in [2.05, 4.69) is 0 Å². The number of carbonyl (C=O) groups excluding carboxylic acids is 2. The van der Waals surface area contributed by atoms with E-state index < -0.39 is 22.0 Å². The Bertz CT molecular complexity index is 1120. The highest BCUT2D eigenvalue weighted by Crippen LogP contribution is 2.39. The van der Waals surface area contributed by atoms with Crippen LogP contribution in [0.2, 0.25) is 0 Å². The van der Waals surface area contributed by atoms with E-state index >= 15 is 0 Å². The minimum Gasteiger partial charge on any atom is -0.294 e. The molecule has 0 heterocycles. The first kappa shape index (κ1) is 20.2. The van der Waals surface area contributed by atoms with E-state index in [0.29, 0.717) is 10.5 Å². The summed E-state index contributed by atoms with van der Waals surface area (Å²) in [5.74, 6) is -0.670. The fourth-order valence-corrected chi connectivity index (χ4v) is 5.38. The lowest BCUT2D eigenvalue weighted by molar-refractivity contribution is -0.114. The molecule has 3 aromatic carbocycles. The third-order valence-corrected chi connectivity index (χ3v) is 7.19. The summed E-state index contributed by atoms with van der Waals surface area (Å²) in [6, 6.07) is 26.0. The van der Waals surface area contributed by atoms with Crippen LogP contribution in [0.3, 0.4) is 0 Å². The number of aryl methyl sites for hydroxylation is 1. The highest BCUT2D eigenvalue weighted by molar-refractivity contribution is 7.86. The zero-order valence-corrected chi connectivity index (χ0v) is 17.5. The summed E-state index contributed by atoms with van der Waals surface area (Å²) in [5.41, 5.74) is 3.34. The zero-order chi connectivity index (χ0) is 21.1. The fraction of sp³-hybridized carbons (Fsp3) is 0.154. The van der Waals surface area contributed by atoms with Gasteiger partial charge in [0, 0.05) is 22.8 Å². The number of rotatable bonds is 6. The van der Waals surface area contributed by atoms with E-state index in [1.807, 2.05) is 67.6 Å². The summed E-state index contributed by atoms with van der Waals surface area (Å²) in [5, 5.41) is -0.768. The Kier molecular flexibility index (Phi) is 5.86. The van der Waals surface area contributed by atoms with Gasteiger partial charge in [0.1, 0.15) is 5.25 Å². The molecular formula is C26H22O3S. The average Bonchev–Trinajstić information content (AvgIpc) is 3.10. The molecule has 1 aliphatic rings. The second-order valence-corrected chi connectivity index (χ2v) is 9.07. The number of benzene rings is 3. The third kappa shape index (κ3) is 4.10. The van der Waals surface area contributed by atoms with Gasteiger partial charge < -0.3 is 0 Å². The topological polar surface area (TPSA) is 51.2 Å². The van der Waals surface area contributed by atoms with Gasteiger partial charge in [0.25, 0.3) is 0 Å². The summed E-state index contributed by atoms with van der Waals surface area (Å²) < 4.78 is 13.4. The summed E-state index contributed by atoms with van der Waals surface area (Å²) in [4.78, 5) is 26.6. The quantitative estimate of drug-likeness (QED) is 0.532. The monoisotopic (exact) mass is 414 g/mol. The van der Waals surface area contributed by atoms with Crippen molar-refractivity contribution < 1.29 is 13.8 Å². The Balaban J connectivity index is 1.71. The molecule has 4 rings (SSSR count). The molecule has 150 valence electrons. The molecule has 1 aliphatic carbocycles. The Labute approximate surface area is 178 Å². The predicted octanol–water partition coefficient (Wildman–Crippen LogP) is 5.03. The van der Waals surface area contributed by atoms with Crippen LogP contribution >= 0.6 is 0 Å². The second-order valence-electron chi connectivity index (χ2n) is 7.50. The largest absolute Gasteiger partial charge is 0.294 e. The van der Waals surface area contributed by atoms with Crippen LogP contribution in [0.25, 0.3) is 5.57 Å². The molecular weight excluding hydrogens is 392 g/mol. The first-order valence-corrected chi connectivity index (χ1v) is 11.1. The van der Waals surface area contributed by atoms with Crippen molar-refractivity contribution in [3.8, 4) is 0 Å². The third-order valence-electron chi connectivity index (χ3n) is 5.44. The average molecular weight is 415 g/mol. The Morgan fingerprint density at radius 2 is 1.47 bits per heavy atom. The van der Waals surface area contributed by atoms with Crippen LogP contribution in [0, 0.1) is 12.8 Å². The van der Waals surface area contributed by atoms with Crippen molar-refractivity contribution in [3.63, 3.8) is 0 Å². The van der Waals surface area contributed by atoms with Gasteiger partial charge in [0.2, 0.25) is 0 Å². The number of carbonyl (C=O) groups is 2. The van der Waals surface area contributed by atoms with Crippen LogP contribution in [0.15, 0.2) is 95.9 Å². The van der Waals surface area contributed by atoms with Gasteiger partial charge in [-0.25, -0.2) is 0 Å². The number of hydrogen-bond acceptors (Lipinski definition) is 3. The van der Waals surface area contributed by atoms with Crippen LogP contribution < -0.4 is 0 Å². The van der Waals surface area contributed by atoms with Crippen LogP contribution in [-0.2, 0) is 15.6 Å². The first-order chi connectivity index (χ1) is 14.5. The van der Waals surface area contributed by atoms with Gasteiger partial charge in [-0.3, -0.25) is 13.8 Å². The molecule has 0 amide bonds. The molecule has 0 bridgehead atoms. The highest BCUT2D eigenvalue weighted by atomic mass is 32.2. The van der Waals surface area contributed by atoms with Gasteiger partial charge in [-0.15, -0.1) is 0 Å². The van der Waals surface area contributed by atoms with E-state index in [1.54, 1.807) is 30.3 Å². The minimum atomic E-state index is -1.55. The standard InChI is InChI=1S/C26H22O3S/c1-18-12-14-21(15-13-18)30(29)26-23(17-24(27)20-10-6-3-7-11-20)22(16-25(26)28)19-8-4-2-5-9-19/h2-16,23,26H,17H2,1H3/t23-,26+,30?/m1/s1. The SMILES string of the molecule is Cc1ccc(S(=O)[C@@H]2C(=O)C=C(c3ccccc3)[C@H]2CC(=O)c2ccccc2)cc1. The normalized spacial score (nSPS) is 19.4. The lowest BCUT2D eigenvalue weighted by Gasteiger charge is -2.21. The number of Topliss-reactive ketones (excluding diaryl/α,β-unsaturated/α-hetero) is 1. The summed E-state index contributed by atoms with van der Waals surface area (Å²) in [6.07, 6.45) is 1.72. The molecule has 0 N–H and O–H groups in total. The molecule has 1 unspecified atom stereocenters. The fourth-order valence-electron chi connectivity index (χ4n) is 3.86. The van der Waals surface area contributed by atoms with Gasteiger partial charge >= 0.3 is 0 Å². The van der Waals surface area contributed by atoms with Gasteiger partial charge in [-0.05, 0) is 36.3 Å². The van der Waals surface area contributed by atoms with Gasteiger partial charge in [0.05, 0.1) is 10.8 Å². The van der Waals surface area contributed by atoms with Crippen LogP contribution in [-0.4, -0.2) is 21.0 Å². The maximum Gasteiger partial charge on any atom is 0.172 e.